The highest BCUT2D eigenvalue weighted by atomic mass is 16.6. The highest BCUT2D eigenvalue weighted by Crippen LogP contribution is 2.21. The Morgan fingerprint density at radius 2 is 1.89 bits per heavy atom. The van der Waals surface area contributed by atoms with Gasteiger partial charge < -0.3 is 4.74 Å². The van der Waals surface area contributed by atoms with E-state index in [2.05, 4.69) is 4.74 Å². The standard InChI is InChI=1S/C13H15NO4/c1-13(2,12(15)18-3)9-8-10-4-6-11(7-5-10)14(16)17/h4-9H,1-3H3/b9-8+. The number of hydrogen-bond acceptors (Lipinski definition) is 4. The number of rotatable bonds is 4. The van der Waals surface area contributed by atoms with Crippen LogP contribution in [0, 0.1) is 15.5 Å². The van der Waals surface area contributed by atoms with E-state index >= 15 is 0 Å². The molecule has 1 rings (SSSR count). The van der Waals surface area contributed by atoms with Crippen molar-refractivity contribution in [3.8, 4) is 0 Å². The van der Waals surface area contributed by atoms with E-state index in [0.717, 1.165) is 5.56 Å². The summed E-state index contributed by atoms with van der Waals surface area (Å²) in [7, 11) is 1.34. The lowest BCUT2D eigenvalue weighted by atomic mass is 9.92. The molecule has 0 saturated heterocycles. The van der Waals surface area contributed by atoms with Gasteiger partial charge in [-0.05, 0) is 31.5 Å². The normalized spacial score (nSPS) is 11.5. The number of esters is 1. The first-order valence-electron chi connectivity index (χ1n) is 5.39. The Morgan fingerprint density at radius 1 is 1.33 bits per heavy atom. The third-order valence-electron chi connectivity index (χ3n) is 2.51. The Labute approximate surface area is 105 Å². The van der Waals surface area contributed by atoms with Gasteiger partial charge in [0.15, 0.2) is 0 Å². The van der Waals surface area contributed by atoms with E-state index in [4.69, 9.17) is 0 Å². The molecule has 0 N–H and O–H groups in total. The second-order valence-electron chi connectivity index (χ2n) is 4.40. The van der Waals surface area contributed by atoms with Crippen LogP contribution in [0.5, 0.6) is 0 Å². The minimum absolute atomic E-state index is 0.0411. The van der Waals surface area contributed by atoms with Crippen molar-refractivity contribution < 1.29 is 14.5 Å². The number of nitro benzene ring substituents is 1. The van der Waals surface area contributed by atoms with Crippen LogP contribution in [0.1, 0.15) is 19.4 Å². The predicted molar refractivity (Wildman–Crippen MR) is 67.9 cm³/mol. The van der Waals surface area contributed by atoms with Gasteiger partial charge >= 0.3 is 5.97 Å². The molecule has 18 heavy (non-hydrogen) atoms. The van der Waals surface area contributed by atoms with E-state index in [9.17, 15) is 14.9 Å². The number of non-ortho nitro benzene ring substituents is 1. The Morgan fingerprint density at radius 3 is 2.33 bits per heavy atom. The smallest absolute Gasteiger partial charge is 0.315 e. The highest BCUT2D eigenvalue weighted by Gasteiger charge is 2.24. The topological polar surface area (TPSA) is 69.4 Å². The third kappa shape index (κ3) is 3.41. The zero-order valence-electron chi connectivity index (χ0n) is 10.5. The first kappa shape index (κ1) is 13.9. The predicted octanol–water partition coefficient (Wildman–Crippen LogP) is 2.81. The summed E-state index contributed by atoms with van der Waals surface area (Å²) in [5, 5.41) is 10.5. The van der Waals surface area contributed by atoms with Gasteiger partial charge in [-0.2, -0.15) is 0 Å². The minimum Gasteiger partial charge on any atom is -0.468 e. The summed E-state index contributed by atoms with van der Waals surface area (Å²) in [6.45, 7) is 3.47. The fourth-order valence-electron chi connectivity index (χ4n) is 1.34. The number of ether oxygens (including phenoxy) is 1. The number of nitro groups is 1. The molecule has 0 aliphatic carbocycles. The van der Waals surface area contributed by atoms with Crippen molar-refractivity contribution in [2.75, 3.05) is 7.11 Å². The van der Waals surface area contributed by atoms with Crippen LogP contribution < -0.4 is 0 Å². The molecule has 0 heterocycles. The second-order valence-corrected chi connectivity index (χ2v) is 4.40. The van der Waals surface area contributed by atoms with Crippen molar-refractivity contribution in [1.29, 1.82) is 0 Å². The van der Waals surface area contributed by atoms with Gasteiger partial charge in [0.25, 0.3) is 5.69 Å². The summed E-state index contributed by atoms with van der Waals surface area (Å²) in [4.78, 5) is 21.5. The second kappa shape index (κ2) is 5.44. The average molecular weight is 249 g/mol. The molecule has 5 nitrogen and oxygen atoms in total. The summed E-state index contributed by atoms with van der Waals surface area (Å²) in [6.07, 6.45) is 3.45. The molecule has 0 aromatic heterocycles. The molecule has 0 aliphatic rings. The van der Waals surface area contributed by atoms with Crippen LogP contribution >= 0.6 is 0 Å². The van der Waals surface area contributed by atoms with E-state index < -0.39 is 10.3 Å². The van der Waals surface area contributed by atoms with E-state index in [-0.39, 0.29) is 11.7 Å². The molecule has 0 amide bonds. The Kier molecular flexibility index (Phi) is 4.20. The summed E-state index contributed by atoms with van der Waals surface area (Å²) in [6, 6.07) is 6.10. The van der Waals surface area contributed by atoms with Gasteiger partial charge in [-0.3, -0.25) is 14.9 Å². The summed E-state index contributed by atoms with van der Waals surface area (Å²) >= 11 is 0. The molecule has 0 atom stereocenters. The van der Waals surface area contributed by atoms with Crippen LogP contribution in [-0.4, -0.2) is 18.0 Å². The zero-order chi connectivity index (χ0) is 13.8. The summed E-state index contributed by atoms with van der Waals surface area (Å²) < 4.78 is 4.67. The lowest BCUT2D eigenvalue weighted by Gasteiger charge is -2.16. The number of benzene rings is 1. The van der Waals surface area contributed by atoms with E-state index in [0.29, 0.717) is 0 Å². The quantitative estimate of drug-likeness (QED) is 0.467. The first-order chi connectivity index (χ1) is 8.36. The molecule has 0 aliphatic heterocycles. The van der Waals surface area contributed by atoms with E-state index in [1.165, 1.54) is 19.2 Å². The van der Waals surface area contributed by atoms with Crippen molar-refractivity contribution in [1.82, 2.24) is 0 Å². The van der Waals surface area contributed by atoms with Gasteiger partial charge in [0.2, 0.25) is 0 Å². The van der Waals surface area contributed by atoms with Gasteiger partial charge in [0, 0.05) is 12.1 Å². The highest BCUT2D eigenvalue weighted by molar-refractivity contribution is 5.79. The van der Waals surface area contributed by atoms with Gasteiger partial charge in [-0.25, -0.2) is 0 Å². The fourth-order valence-corrected chi connectivity index (χ4v) is 1.34. The molecule has 1 aromatic rings. The van der Waals surface area contributed by atoms with Crippen molar-refractivity contribution in [2.45, 2.75) is 13.8 Å². The molecule has 0 fully saturated rings. The Bertz CT molecular complexity index is 474. The molecule has 0 unspecified atom stereocenters. The van der Waals surface area contributed by atoms with Gasteiger partial charge in [-0.1, -0.05) is 12.2 Å². The summed E-state index contributed by atoms with van der Waals surface area (Å²) in [5.74, 6) is -0.333. The lowest BCUT2D eigenvalue weighted by molar-refractivity contribution is -0.384. The molecule has 5 heteroatoms. The monoisotopic (exact) mass is 249 g/mol. The minimum atomic E-state index is -0.726. The van der Waals surface area contributed by atoms with Gasteiger partial charge in [-0.15, -0.1) is 0 Å². The van der Waals surface area contributed by atoms with Crippen LogP contribution in [-0.2, 0) is 9.53 Å². The van der Waals surface area contributed by atoms with Crippen LogP contribution in [0.15, 0.2) is 30.3 Å². The summed E-state index contributed by atoms with van der Waals surface area (Å²) in [5.41, 5.74) is 0.105. The van der Waals surface area contributed by atoms with E-state index in [1.807, 2.05) is 0 Å². The van der Waals surface area contributed by atoms with Gasteiger partial charge in [0.05, 0.1) is 17.4 Å². The lowest BCUT2D eigenvalue weighted by Crippen LogP contribution is -2.22. The molecule has 0 spiro atoms. The van der Waals surface area contributed by atoms with Crippen LogP contribution in [0.2, 0.25) is 0 Å². The first-order valence-corrected chi connectivity index (χ1v) is 5.39. The van der Waals surface area contributed by atoms with Crippen molar-refractivity contribution in [3.05, 3.63) is 46.0 Å². The average Bonchev–Trinajstić information content (AvgIpc) is 2.35. The fraction of sp³-hybridized carbons (Fsp3) is 0.308. The van der Waals surface area contributed by atoms with Crippen LogP contribution in [0.3, 0.4) is 0 Å². The number of hydrogen-bond donors (Lipinski definition) is 0. The van der Waals surface area contributed by atoms with Gasteiger partial charge in [0.1, 0.15) is 0 Å². The molecular formula is C13H15NO4. The Balaban J connectivity index is 2.85. The van der Waals surface area contributed by atoms with Crippen molar-refractivity contribution >= 4 is 17.7 Å². The molecule has 1 aromatic carbocycles. The number of carbonyl (C=O) groups excluding carboxylic acids is 1. The number of methoxy groups -OCH3 is 1. The maximum absolute atomic E-state index is 11.4. The SMILES string of the molecule is COC(=O)C(C)(C)/C=C/c1ccc([N+](=O)[O-])cc1. The molecule has 0 bridgehead atoms. The molecule has 0 saturated carbocycles. The van der Waals surface area contributed by atoms with Crippen molar-refractivity contribution in [2.24, 2.45) is 5.41 Å². The number of nitrogens with zero attached hydrogens (tertiary/aromatic N) is 1. The molecule has 96 valence electrons. The third-order valence-corrected chi connectivity index (χ3v) is 2.51. The Hall–Kier alpha value is -2.17. The molecular weight excluding hydrogens is 234 g/mol. The van der Waals surface area contributed by atoms with Crippen LogP contribution in [0.4, 0.5) is 5.69 Å². The number of carbonyl (C=O) groups is 1. The van der Waals surface area contributed by atoms with Crippen LogP contribution in [0.25, 0.3) is 6.08 Å². The largest absolute Gasteiger partial charge is 0.468 e. The molecule has 0 radical (unpaired) electrons. The maximum Gasteiger partial charge on any atom is 0.315 e. The zero-order valence-corrected chi connectivity index (χ0v) is 10.5. The van der Waals surface area contributed by atoms with Crippen molar-refractivity contribution in [3.63, 3.8) is 0 Å². The maximum atomic E-state index is 11.4. The van der Waals surface area contributed by atoms with E-state index in [1.54, 1.807) is 38.1 Å².